The van der Waals surface area contributed by atoms with Gasteiger partial charge in [-0.3, -0.25) is 5.10 Å². The Morgan fingerprint density at radius 3 is 2.77 bits per heavy atom. The lowest BCUT2D eigenvalue weighted by atomic mass is 9.91. The Hall–Kier alpha value is -3.00. The average Bonchev–Trinajstić information content (AvgIpc) is 3.43. The third-order valence-corrected chi connectivity index (χ3v) is 6.51. The summed E-state index contributed by atoms with van der Waals surface area (Å²) in [6.07, 6.45) is 9.88. The number of rotatable bonds is 3. The summed E-state index contributed by atoms with van der Waals surface area (Å²) in [5.74, 6) is 2.30. The molecule has 0 radical (unpaired) electrons. The van der Waals surface area contributed by atoms with E-state index in [2.05, 4.69) is 41.4 Å². The Balaban J connectivity index is 1.42. The largest absolute Gasteiger partial charge is 0.355 e. The molecule has 8 heteroatoms. The predicted octanol–water partition coefficient (Wildman–Crippen LogP) is 3.35. The van der Waals surface area contributed by atoms with Crippen molar-refractivity contribution in [2.24, 2.45) is 0 Å². The van der Waals surface area contributed by atoms with Crippen LogP contribution in [0.4, 0.5) is 5.82 Å². The summed E-state index contributed by atoms with van der Waals surface area (Å²) in [5, 5.41) is 12.1. The van der Waals surface area contributed by atoms with Crippen molar-refractivity contribution in [3.63, 3.8) is 0 Å². The third kappa shape index (κ3) is 3.02. The number of hydrogen-bond acceptors (Lipinski definition) is 6. The first-order chi connectivity index (χ1) is 14.9. The zero-order valence-corrected chi connectivity index (χ0v) is 17.0. The highest BCUT2D eigenvalue weighted by Gasteiger charge is 2.21. The van der Waals surface area contributed by atoms with E-state index in [1.54, 1.807) is 0 Å². The van der Waals surface area contributed by atoms with Crippen molar-refractivity contribution in [1.29, 1.82) is 0 Å². The van der Waals surface area contributed by atoms with E-state index in [1.165, 1.54) is 24.8 Å². The van der Waals surface area contributed by atoms with Crippen LogP contribution in [0.15, 0.2) is 24.5 Å². The molecule has 2 aliphatic heterocycles. The van der Waals surface area contributed by atoms with Crippen LogP contribution < -0.4 is 10.2 Å². The zero-order chi connectivity index (χ0) is 19.9. The number of pyridine rings is 2. The van der Waals surface area contributed by atoms with Crippen molar-refractivity contribution in [1.82, 2.24) is 35.5 Å². The lowest BCUT2D eigenvalue weighted by Crippen LogP contribution is -2.30. The van der Waals surface area contributed by atoms with E-state index in [4.69, 9.17) is 4.98 Å². The van der Waals surface area contributed by atoms with Crippen molar-refractivity contribution in [2.75, 3.05) is 31.1 Å². The lowest BCUT2D eigenvalue weighted by molar-refractivity contribution is 0.460. The van der Waals surface area contributed by atoms with Gasteiger partial charge in [0.05, 0.1) is 10.9 Å². The maximum Gasteiger partial charge on any atom is 0.159 e. The third-order valence-electron chi connectivity index (χ3n) is 6.51. The summed E-state index contributed by atoms with van der Waals surface area (Å²) >= 11 is 0. The van der Waals surface area contributed by atoms with Gasteiger partial charge in [-0.05, 0) is 68.8 Å². The molecule has 0 saturated carbocycles. The molecular weight excluding hydrogens is 376 g/mol. The number of nitrogens with one attached hydrogen (secondary N) is 3. The fourth-order valence-electron chi connectivity index (χ4n) is 4.85. The Kier molecular flexibility index (Phi) is 4.37. The Morgan fingerprint density at radius 2 is 1.90 bits per heavy atom. The van der Waals surface area contributed by atoms with Gasteiger partial charge >= 0.3 is 0 Å². The topological polar surface area (TPSA) is 98.4 Å². The molecule has 30 heavy (non-hydrogen) atoms. The molecule has 0 aromatic carbocycles. The molecule has 4 aromatic rings. The van der Waals surface area contributed by atoms with Crippen LogP contribution in [0.25, 0.3) is 33.6 Å². The van der Waals surface area contributed by atoms with E-state index in [0.29, 0.717) is 5.92 Å². The fraction of sp³-hybridized carbons (Fsp3) is 0.455. The summed E-state index contributed by atoms with van der Waals surface area (Å²) in [7, 11) is 0. The highest BCUT2D eigenvalue weighted by atomic mass is 15.2. The molecule has 0 amide bonds. The number of piperidine rings is 2. The summed E-state index contributed by atoms with van der Waals surface area (Å²) in [6, 6.07) is 4.24. The molecule has 2 aliphatic rings. The number of hydrogen-bond donors (Lipinski definition) is 3. The van der Waals surface area contributed by atoms with Gasteiger partial charge in [-0.2, -0.15) is 5.10 Å². The molecule has 3 N–H and O–H groups in total. The molecular formula is C22H26N8. The summed E-state index contributed by atoms with van der Waals surface area (Å²) < 4.78 is 0. The van der Waals surface area contributed by atoms with Crippen molar-refractivity contribution in [3.8, 4) is 11.5 Å². The van der Waals surface area contributed by atoms with Gasteiger partial charge in [0.15, 0.2) is 17.3 Å². The smallest absolute Gasteiger partial charge is 0.159 e. The van der Waals surface area contributed by atoms with Crippen LogP contribution in [0.5, 0.6) is 0 Å². The second-order valence-electron chi connectivity index (χ2n) is 8.43. The van der Waals surface area contributed by atoms with E-state index in [9.17, 15) is 0 Å². The lowest BCUT2D eigenvalue weighted by Gasteiger charge is -2.27. The Bertz CT molecular complexity index is 1180. The van der Waals surface area contributed by atoms with Gasteiger partial charge in [0.1, 0.15) is 11.2 Å². The highest BCUT2D eigenvalue weighted by molar-refractivity contribution is 5.94. The summed E-state index contributed by atoms with van der Waals surface area (Å²) in [5.41, 5.74) is 4.84. The minimum atomic E-state index is 0.552. The molecule has 2 saturated heterocycles. The molecule has 0 unspecified atom stereocenters. The van der Waals surface area contributed by atoms with Crippen molar-refractivity contribution < 1.29 is 0 Å². The average molecular weight is 403 g/mol. The van der Waals surface area contributed by atoms with Gasteiger partial charge in [-0.15, -0.1) is 0 Å². The molecule has 0 atom stereocenters. The van der Waals surface area contributed by atoms with E-state index < -0.39 is 0 Å². The minimum Gasteiger partial charge on any atom is -0.355 e. The van der Waals surface area contributed by atoms with Crippen LogP contribution in [0.3, 0.4) is 0 Å². The number of anilines is 1. The normalized spacial score (nSPS) is 18.5. The minimum absolute atomic E-state index is 0.552. The summed E-state index contributed by atoms with van der Waals surface area (Å²) in [4.78, 5) is 20.1. The number of imidazole rings is 1. The van der Waals surface area contributed by atoms with E-state index in [1.807, 2.05) is 18.5 Å². The molecule has 2 fully saturated rings. The Labute approximate surface area is 174 Å². The predicted molar refractivity (Wildman–Crippen MR) is 118 cm³/mol. The molecule has 154 valence electrons. The standard InChI is InChI=1S/C22H26N8/c1-2-10-30(11-3-1)22-19-17(6-9-24-22)26-21(27-19)18-16-12-15(13-25-20(16)29-28-18)14-4-7-23-8-5-14/h6,9,12-14,23H,1-5,7-8,10-11H2,(H,26,27)(H,25,28,29). The summed E-state index contributed by atoms with van der Waals surface area (Å²) in [6.45, 7) is 4.22. The highest BCUT2D eigenvalue weighted by Crippen LogP contribution is 2.32. The monoisotopic (exact) mass is 402 g/mol. The Morgan fingerprint density at radius 1 is 1.03 bits per heavy atom. The molecule has 0 aliphatic carbocycles. The molecule has 4 aromatic heterocycles. The maximum atomic E-state index is 4.94. The second-order valence-corrected chi connectivity index (χ2v) is 8.43. The molecule has 6 rings (SSSR count). The van der Waals surface area contributed by atoms with Crippen molar-refractivity contribution >= 4 is 27.9 Å². The van der Waals surface area contributed by atoms with Crippen LogP contribution in [0.2, 0.25) is 0 Å². The SMILES string of the molecule is c1cc2[nH]c(-c3n[nH]c4ncc(C5CCNCC5)cc34)nc2c(N2CCCCC2)n1. The van der Waals surface area contributed by atoms with Crippen LogP contribution in [0.1, 0.15) is 43.6 Å². The van der Waals surface area contributed by atoms with E-state index in [-0.39, 0.29) is 0 Å². The van der Waals surface area contributed by atoms with Gasteiger partial charge in [-0.25, -0.2) is 15.0 Å². The second kappa shape index (κ2) is 7.36. The van der Waals surface area contributed by atoms with Crippen LogP contribution >= 0.6 is 0 Å². The van der Waals surface area contributed by atoms with Gasteiger partial charge in [-0.1, -0.05) is 0 Å². The molecule has 0 bridgehead atoms. The van der Waals surface area contributed by atoms with Crippen LogP contribution in [0, 0.1) is 0 Å². The number of nitrogens with zero attached hydrogens (tertiary/aromatic N) is 5. The van der Waals surface area contributed by atoms with Gasteiger partial charge < -0.3 is 15.2 Å². The first-order valence-electron chi connectivity index (χ1n) is 11.0. The van der Waals surface area contributed by atoms with Crippen LogP contribution in [-0.4, -0.2) is 56.3 Å². The maximum absolute atomic E-state index is 4.94. The van der Waals surface area contributed by atoms with Crippen molar-refractivity contribution in [2.45, 2.75) is 38.0 Å². The fourth-order valence-corrected chi connectivity index (χ4v) is 4.85. The first-order valence-corrected chi connectivity index (χ1v) is 11.0. The molecule has 0 spiro atoms. The number of fused-ring (bicyclic) bond motifs is 2. The van der Waals surface area contributed by atoms with Gasteiger partial charge in [0.2, 0.25) is 0 Å². The first kappa shape index (κ1) is 17.8. The van der Waals surface area contributed by atoms with Crippen molar-refractivity contribution in [3.05, 3.63) is 30.1 Å². The van der Waals surface area contributed by atoms with E-state index in [0.717, 1.165) is 78.4 Å². The van der Waals surface area contributed by atoms with Gasteiger partial charge in [0, 0.05) is 25.5 Å². The molecule has 8 nitrogen and oxygen atoms in total. The van der Waals surface area contributed by atoms with Crippen LogP contribution in [-0.2, 0) is 0 Å². The zero-order valence-electron chi connectivity index (χ0n) is 17.0. The quantitative estimate of drug-likeness (QED) is 0.486. The van der Waals surface area contributed by atoms with E-state index >= 15 is 0 Å². The van der Waals surface area contributed by atoms with Gasteiger partial charge in [0.25, 0.3) is 0 Å². The number of H-pyrrole nitrogens is 2. The number of aromatic nitrogens is 6. The molecule has 6 heterocycles. The number of aromatic amines is 2.